The van der Waals surface area contributed by atoms with Crippen LogP contribution in [0.1, 0.15) is 43.0 Å². The second kappa shape index (κ2) is 7.47. The number of hydrogen-bond acceptors (Lipinski definition) is 4. The Balaban J connectivity index is 1.82. The maximum Gasteiger partial charge on any atom is 0.226 e. The lowest BCUT2D eigenvalue weighted by Crippen LogP contribution is -2.36. The van der Waals surface area contributed by atoms with Gasteiger partial charge in [0, 0.05) is 29.8 Å². The van der Waals surface area contributed by atoms with Gasteiger partial charge in [-0.15, -0.1) is 11.8 Å². The summed E-state index contributed by atoms with van der Waals surface area (Å²) < 4.78 is 10.8. The molecule has 1 aliphatic carbocycles. The van der Waals surface area contributed by atoms with E-state index in [1.165, 1.54) is 19.3 Å². The third-order valence-corrected chi connectivity index (χ3v) is 6.08. The minimum absolute atomic E-state index is 0.0604. The van der Waals surface area contributed by atoms with Gasteiger partial charge in [-0.25, -0.2) is 0 Å². The van der Waals surface area contributed by atoms with Gasteiger partial charge in [-0.05, 0) is 25.0 Å². The quantitative estimate of drug-likeness (QED) is 0.837. The molecule has 1 unspecified atom stereocenters. The predicted octanol–water partition coefficient (Wildman–Crippen LogP) is 3.86. The predicted molar refractivity (Wildman–Crippen MR) is 93.0 cm³/mol. The van der Waals surface area contributed by atoms with Gasteiger partial charge in [0.15, 0.2) is 0 Å². The molecule has 1 amide bonds. The fourth-order valence-corrected chi connectivity index (χ4v) is 4.85. The molecule has 1 atom stereocenters. The summed E-state index contributed by atoms with van der Waals surface area (Å²) in [5, 5.41) is 0.0604. The van der Waals surface area contributed by atoms with Crippen LogP contribution in [0.3, 0.4) is 0 Å². The van der Waals surface area contributed by atoms with Crippen LogP contribution in [0.15, 0.2) is 18.2 Å². The van der Waals surface area contributed by atoms with Crippen molar-refractivity contribution in [2.24, 2.45) is 5.92 Å². The molecule has 2 fully saturated rings. The Hall–Kier alpha value is -1.36. The van der Waals surface area contributed by atoms with E-state index in [1.807, 2.05) is 30.0 Å². The fourth-order valence-electron chi connectivity index (χ4n) is 3.56. The molecule has 0 N–H and O–H groups in total. The Morgan fingerprint density at radius 3 is 2.65 bits per heavy atom. The summed E-state index contributed by atoms with van der Waals surface area (Å²) in [7, 11) is 3.32. The van der Waals surface area contributed by atoms with Crippen LogP contribution in [0.4, 0.5) is 0 Å². The van der Waals surface area contributed by atoms with Crippen molar-refractivity contribution in [1.82, 2.24) is 4.90 Å². The van der Waals surface area contributed by atoms with Gasteiger partial charge in [-0.1, -0.05) is 19.3 Å². The molecule has 4 nitrogen and oxygen atoms in total. The smallest absolute Gasteiger partial charge is 0.226 e. The van der Waals surface area contributed by atoms with Crippen molar-refractivity contribution in [3.63, 3.8) is 0 Å². The molecule has 3 rings (SSSR count). The zero-order chi connectivity index (χ0) is 16.2. The molecule has 1 saturated heterocycles. The SMILES string of the molecule is COc1ccc(C2SCCN2C(=O)C2CCCCC2)c(OC)c1. The Morgan fingerprint density at radius 1 is 1.17 bits per heavy atom. The van der Waals surface area contributed by atoms with E-state index in [9.17, 15) is 4.79 Å². The first-order valence-corrected chi connectivity index (χ1v) is 9.43. The normalized spacial score (nSPS) is 22.2. The molecule has 0 aromatic heterocycles. The summed E-state index contributed by atoms with van der Waals surface area (Å²) in [4.78, 5) is 15.0. The highest BCUT2D eigenvalue weighted by atomic mass is 32.2. The zero-order valence-electron chi connectivity index (χ0n) is 13.9. The first kappa shape index (κ1) is 16.5. The molecule has 1 saturated carbocycles. The number of carbonyl (C=O) groups is 1. The van der Waals surface area contributed by atoms with E-state index in [1.54, 1.807) is 14.2 Å². The highest BCUT2D eigenvalue weighted by Gasteiger charge is 2.36. The number of ether oxygens (including phenoxy) is 2. The summed E-state index contributed by atoms with van der Waals surface area (Å²) in [5.41, 5.74) is 1.07. The largest absolute Gasteiger partial charge is 0.497 e. The van der Waals surface area contributed by atoms with Crippen molar-refractivity contribution in [1.29, 1.82) is 0 Å². The molecule has 0 bridgehead atoms. The average Bonchev–Trinajstić information content (AvgIpc) is 3.10. The van der Waals surface area contributed by atoms with Gasteiger partial charge in [0.2, 0.25) is 5.91 Å². The molecule has 0 spiro atoms. The van der Waals surface area contributed by atoms with Crippen LogP contribution in [0, 0.1) is 5.92 Å². The zero-order valence-corrected chi connectivity index (χ0v) is 14.7. The van der Waals surface area contributed by atoms with Crippen molar-refractivity contribution in [3.05, 3.63) is 23.8 Å². The number of rotatable bonds is 4. The molecule has 2 aliphatic rings. The average molecular weight is 335 g/mol. The number of methoxy groups -OCH3 is 2. The standard InChI is InChI=1S/C18H25NO3S/c1-21-14-8-9-15(16(12-14)22-2)18-19(10-11-23-18)17(20)13-6-4-3-5-7-13/h8-9,12-13,18H,3-7,10-11H2,1-2H3. The van der Waals surface area contributed by atoms with E-state index < -0.39 is 0 Å². The topological polar surface area (TPSA) is 38.8 Å². The van der Waals surface area contributed by atoms with Crippen molar-refractivity contribution >= 4 is 17.7 Å². The van der Waals surface area contributed by atoms with Crippen LogP contribution in [-0.2, 0) is 4.79 Å². The number of hydrogen-bond donors (Lipinski definition) is 0. The Morgan fingerprint density at radius 2 is 1.96 bits per heavy atom. The molecule has 5 heteroatoms. The van der Waals surface area contributed by atoms with Gasteiger partial charge < -0.3 is 14.4 Å². The van der Waals surface area contributed by atoms with Crippen LogP contribution < -0.4 is 9.47 Å². The highest BCUT2D eigenvalue weighted by molar-refractivity contribution is 7.99. The van der Waals surface area contributed by atoms with Crippen LogP contribution in [0.5, 0.6) is 11.5 Å². The minimum Gasteiger partial charge on any atom is -0.497 e. The number of amides is 1. The van der Waals surface area contributed by atoms with E-state index in [0.29, 0.717) is 5.91 Å². The highest BCUT2D eigenvalue weighted by Crippen LogP contribution is 2.44. The molecule has 23 heavy (non-hydrogen) atoms. The number of carbonyl (C=O) groups excluding carboxylic acids is 1. The number of nitrogens with zero attached hydrogens (tertiary/aromatic N) is 1. The van der Waals surface area contributed by atoms with Gasteiger partial charge in [0.25, 0.3) is 0 Å². The molecule has 1 aromatic carbocycles. The summed E-state index contributed by atoms with van der Waals surface area (Å²) in [6, 6.07) is 5.87. The summed E-state index contributed by atoms with van der Waals surface area (Å²) in [6.07, 6.45) is 5.75. The van der Waals surface area contributed by atoms with Crippen LogP contribution in [0.2, 0.25) is 0 Å². The fraction of sp³-hybridized carbons (Fsp3) is 0.611. The maximum atomic E-state index is 13.0. The van der Waals surface area contributed by atoms with Gasteiger partial charge >= 0.3 is 0 Å². The maximum absolute atomic E-state index is 13.0. The molecular weight excluding hydrogens is 310 g/mol. The lowest BCUT2D eigenvalue weighted by Gasteiger charge is -2.30. The minimum atomic E-state index is 0.0604. The van der Waals surface area contributed by atoms with Gasteiger partial charge in [-0.2, -0.15) is 0 Å². The molecule has 126 valence electrons. The molecular formula is C18H25NO3S. The van der Waals surface area contributed by atoms with Gasteiger partial charge in [0.05, 0.1) is 14.2 Å². The molecule has 1 heterocycles. The monoisotopic (exact) mass is 335 g/mol. The number of benzene rings is 1. The van der Waals surface area contributed by atoms with E-state index in [2.05, 4.69) is 4.90 Å². The lowest BCUT2D eigenvalue weighted by molar-refractivity contribution is -0.136. The summed E-state index contributed by atoms with van der Waals surface area (Å²) in [5.74, 6) is 3.11. The Kier molecular flexibility index (Phi) is 5.36. The molecule has 1 aromatic rings. The Labute approximate surface area is 142 Å². The lowest BCUT2D eigenvalue weighted by atomic mass is 9.88. The first-order valence-electron chi connectivity index (χ1n) is 8.38. The first-order chi connectivity index (χ1) is 11.2. The summed E-state index contributed by atoms with van der Waals surface area (Å²) >= 11 is 1.82. The van der Waals surface area contributed by atoms with E-state index in [0.717, 1.165) is 42.2 Å². The third kappa shape index (κ3) is 3.44. The van der Waals surface area contributed by atoms with Crippen molar-refractivity contribution in [2.75, 3.05) is 26.5 Å². The van der Waals surface area contributed by atoms with Crippen molar-refractivity contribution in [2.45, 2.75) is 37.5 Å². The summed E-state index contributed by atoms with van der Waals surface area (Å²) in [6.45, 7) is 0.833. The number of thioether (sulfide) groups is 1. The van der Waals surface area contributed by atoms with Crippen LogP contribution in [0.25, 0.3) is 0 Å². The second-order valence-corrected chi connectivity index (χ2v) is 7.39. The van der Waals surface area contributed by atoms with Crippen molar-refractivity contribution < 1.29 is 14.3 Å². The van der Waals surface area contributed by atoms with E-state index >= 15 is 0 Å². The molecule has 1 aliphatic heterocycles. The van der Waals surface area contributed by atoms with Crippen LogP contribution >= 0.6 is 11.8 Å². The van der Waals surface area contributed by atoms with Gasteiger partial charge in [0.1, 0.15) is 16.9 Å². The van der Waals surface area contributed by atoms with Crippen molar-refractivity contribution in [3.8, 4) is 11.5 Å². The van der Waals surface area contributed by atoms with E-state index in [4.69, 9.17) is 9.47 Å². The molecule has 0 radical (unpaired) electrons. The van der Waals surface area contributed by atoms with E-state index in [-0.39, 0.29) is 11.3 Å². The third-order valence-electron chi connectivity index (χ3n) is 4.84. The second-order valence-electron chi connectivity index (χ2n) is 6.20. The van der Waals surface area contributed by atoms with Gasteiger partial charge in [-0.3, -0.25) is 4.79 Å². The van der Waals surface area contributed by atoms with Crippen LogP contribution in [-0.4, -0.2) is 37.3 Å². The Bertz CT molecular complexity index is 557.